The molecule has 0 saturated carbocycles. The number of ether oxygens (including phenoxy) is 2. The lowest BCUT2D eigenvalue weighted by atomic mass is 10.1. The van der Waals surface area contributed by atoms with Crippen LogP contribution in [0.5, 0.6) is 0 Å². The fraction of sp³-hybridized carbons (Fsp3) is 0.133. The molecule has 0 saturated heterocycles. The highest BCUT2D eigenvalue weighted by molar-refractivity contribution is 6.09. The molecule has 1 aromatic rings. The van der Waals surface area contributed by atoms with E-state index in [1.807, 2.05) is 13.0 Å². The van der Waals surface area contributed by atoms with Crippen molar-refractivity contribution < 1.29 is 19.1 Å². The summed E-state index contributed by atoms with van der Waals surface area (Å²) in [5.74, 6) is -3.38. The quantitative estimate of drug-likeness (QED) is 0.360. The number of nitrogens with zero attached hydrogens (tertiary/aromatic N) is 1. The van der Waals surface area contributed by atoms with Gasteiger partial charge in [0.15, 0.2) is 5.92 Å². The molecule has 0 aliphatic carbocycles. The Kier molecular flexibility index (Phi) is 5.55. The summed E-state index contributed by atoms with van der Waals surface area (Å²) in [7, 11) is 0. The Labute approximate surface area is 116 Å². The normalized spacial score (nSPS) is 9.80. The van der Waals surface area contributed by atoms with Gasteiger partial charge in [-0.25, -0.2) is 9.59 Å². The predicted molar refractivity (Wildman–Crippen MR) is 72.7 cm³/mol. The van der Waals surface area contributed by atoms with Crippen molar-refractivity contribution in [3.05, 3.63) is 29.8 Å². The van der Waals surface area contributed by atoms with Crippen molar-refractivity contribution in [3.63, 3.8) is 0 Å². The fourth-order valence-corrected chi connectivity index (χ4v) is 1.33. The smallest absolute Gasteiger partial charge is 0.339 e. The number of carbonyl (C=O) groups excluding carboxylic acids is 2. The van der Waals surface area contributed by atoms with Gasteiger partial charge in [-0.05, 0) is 24.6 Å². The van der Waals surface area contributed by atoms with Gasteiger partial charge >= 0.3 is 11.9 Å². The first-order valence-corrected chi connectivity index (χ1v) is 5.52. The first-order chi connectivity index (χ1) is 9.58. The summed E-state index contributed by atoms with van der Waals surface area (Å²) in [6, 6.07) is 7.15. The van der Waals surface area contributed by atoms with Crippen LogP contribution in [0.15, 0.2) is 29.3 Å². The number of terminal acetylenes is 2. The van der Waals surface area contributed by atoms with Crippen molar-refractivity contribution in [1.82, 2.24) is 0 Å². The van der Waals surface area contributed by atoms with Crippen LogP contribution in [0.25, 0.3) is 0 Å². The Morgan fingerprint density at radius 2 is 1.85 bits per heavy atom. The molecule has 20 heavy (non-hydrogen) atoms. The van der Waals surface area contributed by atoms with Crippen molar-refractivity contribution in [2.45, 2.75) is 6.92 Å². The number of carbonyl (C=O) groups is 2. The molecule has 100 valence electrons. The van der Waals surface area contributed by atoms with E-state index in [0.717, 1.165) is 11.8 Å². The zero-order valence-corrected chi connectivity index (χ0v) is 10.7. The van der Waals surface area contributed by atoms with E-state index in [4.69, 9.17) is 12.8 Å². The minimum absolute atomic E-state index is 0.567. The van der Waals surface area contributed by atoms with Crippen molar-refractivity contribution in [1.29, 1.82) is 0 Å². The lowest BCUT2D eigenvalue weighted by Crippen LogP contribution is -2.27. The molecule has 0 atom stereocenters. The highest BCUT2D eigenvalue weighted by atomic mass is 16.5. The molecule has 5 heteroatoms. The zero-order valence-electron chi connectivity index (χ0n) is 10.7. The monoisotopic (exact) mass is 269 g/mol. The van der Waals surface area contributed by atoms with E-state index in [-0.39, 0.29) is 0 Å². The van der Waals surface area contributed by atoms with Crippen LogP contribution >= 0.6 is 0 Å². The third-order valence-electron chi connectivity index (χ3n) is 2.20. The molecule has 0 N–H and O–H groups in total. The summed E-state index contributed by atoms with van der Waals surface area (Å²) in [5.41, 5.74) is 1.55. The van der Waals surface area contributed by atoms with Crippen molar-refractivity contribution >= 4 is 23.8 Å². The molecule has 0 aliphatic rings. The minimum atomic E-state index is -1.41. The van der Waals surface area contributed by atoms with Gasteiger partial charge in [-0.2, -0.15) is 0 Å². The Bertz CT molecular complexity index is 591. The van der Waals surface area contributed by atoms with Crippen molar-refractivity contribution in [3.8, 4) is 25.1 Å². The summed E-state index contributed by atoms with van der Waals surface area (Å²) in [6.45, 7) is 1.88. The Morgan fingerprint density at radius 3 is 2.35 bits per heavy atom. The van der Waals surface area contributed by atoms with E-state index >= 15 is 0 Å². The van der Waals surface area contributed by atoms with Crippen LogP contribution in [-0.2, 0) is 19.1 Å². The molecule has 1 aromatic carbocycles. The maximum atomic E-state index is 11.5. The Balaban J connectivity index is 2.95. The first-order valence-electron chi connectivity index (χ1n) is 5.52. The van der Waals surface area contributed by atoms with E-state index in [2.05, 4.69) is 14.5 Å². The van der Waals surface area contributed by atoms with E-state index in [1.54, 1.807) is 30.4 Å². The van der Waals surface area contributed by atoms with E-state index in [9.17, 15) is 9.59 Å². The third kappa shape index (κ3) is 4.32. The lowest BCUT2D eigenvalue weighted by molar-refractivity contribution is -0.150. The summed E-state index contributed by atoms with van der Waals surface area (Å²) in [6.07, 6.45) is 14.1. The van der Waals surface area contributed by atoms with E-state index in [0.29, 0.717) is 5.69 Å². The van der Waals surface area contributed by atoms with Crippen molar-refractivity contribution in [2.24, 2.45) is 10.9 Å². The van der Waals surface area contributed by atoms with Gasteiger partial charge in [0.25, 0.3) is 0 Å². The summed E-state index contributed by atoms with van der Waals surface area (Å²) in [4.78, 5) is 27.1. The maximum Gasteiger partial charge on any atom is 0.339 e. The van der Waals surface area contributed by atoms with E-state index in [1.165, 1.54) is 0 Å². The largest absolute Gasteiger partial charge is 0.371 e. The number of hydrogen-bond acceptors (Lipinski definition) is 5. The second-order valence-electron chi connectivity index (χ2n) is 3.67. The van der Waals surface area contributed by atoms with Crippen LogP contribution in [0.4, 0.5) is 5.69 Å². The molecule has 0 aromatic heterocycles. The summed E-state index contributed by atoms with van der Waals surface area (Å²) < 4.78 is 8.62. The van der Waals surface area contributed by atoms with Gasteiger partial charge in [-0.3, -0.25) is 4.99 Å². The zero-order chi connectivity index (χ0) is 15.0. The molecule has 0 fully saturated rings. The van der Waals surface area contributed by atoms with Gasteiger partial charge in [0.2, 0.25) is 0 Å². The average molecular weight is 269 g/mol. The standard InChI is InChI=1S/C15H11NO4/c1-4-19-14(17)13(15(18)20-5-2)10-16-12-8-6-7-11(3)9-12/h1-2,6-10,13H,3H3. The molecule has 0 bridgehead atoms. The molecule has 0 spiro atoms. The molecular formula is C15H11NO4. The molecule has 0 heterocycles. The topological polar surface area (TPSA) is 65.0 Å². The highest BCUT2D eigenvalue weighted by Gasteiger charge is 2.28. The first kappa shape index (κ1) is 15.0. The van der Waals surface area contributed by atoms with Crippen LogP contribution in [0.2, 0.25) is 0 Å². The average Bonchev–Trinajstić information content (AvgIpc) is 2.39. The molecule has 0 radical (unpaired) electrons. The van der Waals surface area contributed by atoms with E-state index < -0.39 is 17.9 Å². The molecule has 1 rings (SSSR count). The molecule has 0 aliphatic heterocycles. The van der Waals surface area contributed by atoms with Crippen LogP contribution in [0, 0.1) is 37.9 Å². The number of aliphatic imine (C=N–C) groups is 1. The second kappa shape index (κ2) is 7.40. The number of aryl methyl sites for hydroxylation is 1. The molecule has 5 nitrogen and oxygen atoms in total. The van der Waals surface area contributed by atoms with Crippen LogP contribution in [0.3, 0.4) is 0 Å². The number of rotatable bonds is 4. The Hall–Kier alpha value is -3.05. The Morgan fingerprint density at radius 1 is 1.25 bits per heavy atom. The fourth-order valence-electron chi connectivity index (χ4n) is 1.33. The SMILES string of the molecule is C#COC(=O)C(C=Nc1cccc(C)c1)C(=O)OC#C. The minimum Gasteiger partial charge on any atom is -0.371 e. The number of benzene rings is 1. The molecular weight excluding hydrogens is 258 g/mol. The van der Waals surface area contributed by atoms with Gasteiger partial charge < -0.3 is 9.47 Å². The van der Waals surface area contributed by atoms with Gasteiger partial charge in [0, 0.05) is 6.21 Å². The van der Waals surface area contributed by atoms with Gasteiger partial charge in [0.05, 0.1) is 5.69 Å². The predicted octanol–water partition coefficient (Wildman–Crippen LogP) is 1.58. The highest BCUT2D eigenvalue weighted by Crippen LogP contribution is 2.14. The number of hydrogen-bond donors (Lipinski definition) is 0. The maximum absolute atomic E-state index is 11.5. The van der Waals surface area contributed by atoms with Crippen molar-refractivity contribution in [2.75, 3.05) is 0 Å². The lowest BCUT2D eigenvalue weighted by Gasteiger charge is -2.05. The van der Waals surface area contributed by atoms with Gasteiger partial charge in [0.1, 0.15) is 12.2 Å². The molecule has 0 unspecified atom stereocenters. The van der Waals surface area contributed by atoms with Crippen LogP contribution in [0.1, 0.15) is 5.56 Å². The third-order valence-corrected chi connectivity index (χ3v) is 2.20. The van der Waals surface area contributed by atoms with Crippen LogP contribution in [-0.4, -0.2) is 18.2 Å². The van der Waals surface area contributed by atoms with Crippen LogP contribution < -0.4 is 0 Å². The number of esters is 2. The van der Waals surface area contributed by atoms with Gasteiger partial charge in [-0.15, -0.1) is 0 Å². The molecule has 0 amide bonds. The summed E-state index contributed by atoms with van der Waals surface area (Å²) >= 11 is 0. The summed E-state index contributed by atoms with van der Waals surface area (Å²) in [5, 5.41) is 0. The van der Waals surface area contributed by atoms with Gasteiger partial charge in [-0.1, -0.05) is 25.0 Å². The second-order valence-corrected chi connectivity index (χ2v) is 3.67.